The predicted octanol–water partition coefficient (Wildman–Crippen LogP) is 5.63. The Labute approximate surface area is 234 Å². The summed E-state index contributed by atoms with van der Waals surface area (Å²) in [5, 5.41) is 0.0108. The van der Waals surface area contributed by atoms with E-state index < -0.39 is 5.41 Å². The van der Waals surface area contributed by atoms with Crippen molar-refractivity contribution in [3.05, 3.63) is 51.5 Å². The van der Waals surface area contributed by atoms with Gasteiger partial charge in [-0.15, -0.1) is 0 Å². The average Bonchev–Trinajstić information content (AvgIpc) is 3.64. The third-order valence-electron chi connectivity index (χ3n) is 8.74. The molecule has 0 bridgehead atoms. The molecule has 2 aromatic carbocycles. The number of ketones is 1. The highest BCUT2D eigenvalue weighted by Gasteiger charge is 2.62. The maximum absolute atomic E-state index is 13.1. The second-order valence-corrected chi connectivity index (χ2v) is 13.1. The van der Waals surface area contributed by atoms with Crippen molar-refractivity contribution in [1.82, 2.24) is 4.90 Å². The monoisotopic (exact) mass is 599 g/mol. The SMILES string of the molecule is COc1ccc(CS[C@@H]2CC(=O)C[C@H]3Oc4c(Br)c(OCC5CC5)cc5c4[C@]32C[C@H]2COC(=O)N2C5)cc1. The molecule has 4 atom stereocenters. The van der Waals surface area contributed by atoms with Crippen LogP contribution in [0.3, 0.4) is 0 Å². The number of fused-ring (bicyclic) bond motifs is 1. The zero-order valence-corrected chi connectivity index (χ0v) is 23.6. The topological polar surface area (TPSA) is 74.3 Å². The highest BCUT2D eigenvalue weighted by Crippen LogP contribution is 2.61. The number of carbonyl (C=O) groups is 2. The Morgan fingerprint density at radius 3 is 2.76 bits per heavy atom. The Kier molecular flexibility index (Phi) is 6.07. The van der Waals surface area contributed by atoms with E-state index in [-0.39, 0.29) is 29.3 Å². The van der Waals surface area contributed by atoms with E-state index in [1.54, 1.807) is 7.11 Å². The van der Waals surface area contributed by atoms with Gasteiger partial charge in [-0.2, -0.15) is 11.8 Å². The first-order valence-corrected chi connectivity index (χ1v) is 15.2. The van der Waals surface area contributed by atoms with Crippen LogP contribution in [-0.2, 0) is 27.2 Å². The summed E-state index contributed by atoms with van der Waals surface area (Å²) in [6.07, 6.45) is 3.43. The minimum Gasteiger partial charge on any atom is -0.497 e. The van der Waals surface area contributed by atoms with Crippen molar-refractivity contribution in [3.8, 4) is 17.2 Å². The highest BCUT2D eigenvalue weighted by molar-refractivity contribution is 9.10. The van der Waals surface area contributed by atoms with Crippen molar-refractivity contribution in [2.75, 3.05) is 20.3 Å². The first kappa shape index (κ1) is 24.6. The van der Waals surface area contributed by atoms with E-state index >= 15 is 0 Å². The largest absolute Gasteiger partial charge is 0.497 e. The number of amides is 1. The summed E-state index contributed by atoms with van der Waals surface area (Å²) in [7, 11) is 1.67. The summed E-state index contributed by atoms with van der Waals surface area (Å²) in [5.74, 6) is 3.97. The molecular formula is C29H30BrNO6S. The Hall–Kier alpha value is -2.39. The molecule has 7 nitrogen and oxygen atoms in total. The molecule has 5 aliphatic rings. The van der Waals surface area contributed by atoms with E-state index in [0.717, 1.165) is 38.6 Å². The predicted molar refractivity (Wildman–Crippen MR) is 146 cm³/mol. The molecule has 3 fully saturated rings. The van der Waals surface area contributed by atoms with Gasteiger partial charge in [-0.05, 0) is 70.4 Å². The maximum Gasteiger partial charge on any atom is 0.410 e. The van der Waals surface area contributed by atoms with Gasteiger partial charge >= 0.3 is 6.09 Å². The van der Waals surface area contributed by atoms with Gasteiger partial charge in [-0.3, -0.25) is 9.69 Å². The molecule has 0 radical (unpaired) electrons. The molecule has 2 saturated carbocycles. The highest BCUT2D eigenvalue weighted by atomic mass is 79.9. The van der Waals surface area contributed by atoms with Gasteiger partial charge in [-0.25, -0.2) is 4.79 Å². The van der Waals surface area contributed by atoms with Crippen LogP contribution in [0.25, 0.3) is 0 Å². The minimum atomic E-state index is -0.402. The zero-order valence-electron chi connectivity index (χ0n) is 21.2. The zero-order chi connectivity index (χ0) is 26.0. The summed E-state index contributed by atoms with van der Waals surface area (Å²) in [6.45, 7) is 1.51. The third-order valence-corrected chi connectivity index (χ3v) is 11.0. The van der Waals surface area contributed by atoms with Crippen LogP contribution in [0, 0.1) is 5.92 Å². The van der Waals surface area contributed by atoms with Crippen molar-refractivity contribution in [2.24, 2.45) is 5.92 Å². The Morgan fingerprint density at radius 1 is 1.18 bits per heavy atom. The molecule has 0 N–H and O–H groups in total. The third kappa shape index (κ3) is 3.99. The number of carbonyl (C=O) groups excluding carboxylic acids is 2. The van der Waals surface area contributed by atoms with Gasteiger partial charge < -0.3 is 18.9 Å². The molecule has 1 spiro atoms. The number of halogens is 1. The first-order chi connectivity index (χ1) is 18.5. The van der Waals surface area contributed by atoms with Crippen LogP contribution in [0.2, 0.25) is 0 Å². The smallest absolute Gasteiger partial charge is 0.410 e. The Bertz CT molecular complexity index is 1300. The van der Waals surface area contributed by atoms with Crippen LogP contribution in [0.1, 0.15) is 48.8 Å². The van der Waals surface area contributed by atoms with Crippen molar-refractivity contribution < 1.29 is 28.5 Å². The summed E-state index contributed by atoms with van der Waals surface area (Å²) in [4.78, 5) is 27.7. The lowest BCUT2D eigenvalue weighted by Crippen LogP contribution is -2.54. The number of ether oxygens (including phenoxy) is 4. The van der Waals surface area contributed by atoms with Gasteiger partial charge in [0.05, 0.1) is 31.7 Å². The number of methoxy groups -OCH3 is 1. The fraction of sp³-hybridized carbons (Fsp3) is 0.517. The molecular weight excluding hydrogens is 570 g/mol. The standard InChI is InChI=1S/C29H30BrNO6S/c1-34-21-6-4-17(5-7-21)15-38-24-10-20(32)9-23-29(24)11-19-14-36-28(33)31(19)12-18-8-22(35-13-16-2-3-16)26(30)27(37-23)25(18)29/h4-8,16,19,23-24H,2-3,9-15H2,1H3/t19-,23+,24+,29+/m0/s1. The van der Waals surface area contributed by atoms with Crippen LogP contribution in [0.15, 0.2) is 34.8 Å². The second kappa shape index (κ2) is 9.37. The summed E-state index contributed by atoms with van der Waals surface area (Å²) in [5.41, 5.74) is 2.97. The first-order valence-electron chi connectivity index (χ1n) is 13.3. The molecule has 7 rings (SSSR count). The molecule has 9 heteroatoms. The van der Waals surface area contributed by atoms with E-state index in [1.165, 1.54) is 18.4 Å². The lowest BCUT2D eigenvalue weighted by atomic mass is 9.64. The lowest BCUT2D eigenvalue weighted by Gasteiger charge is -2.45. The molecule has 1 saturated heterocycles. The number of hydrogen-bond acceptors (Lipinski definition) is 7. The van der Waals surface area contributed by atoms with Gasteiger partial charge in [0.1, 0.15) is 40.2 Å². The van der Waals surface area contributed by atoms with Gasteiger partial charge in [0.15, 0.2) is 0 Å². The van der Waals surface area contributed by atoms with Gasteiger partial charge in [-0.1, -0.05) is 12.1 Å². The normalized spacial score (nSPS) is 29.1. The fourth-order valence-electron chi connectivity index (χ4n) is 6.60. The van der Waals surface area contributed by atoms with E-state index in [1.807, 2.05) is 28.8 Å². The molecule has 2 aromatic rings. The molecule has 1 amide bonds. The maximum atomic E-state index is 13.1. The van der Waals surface area contributed by atoms with Crippen LogP contribution in [-0.4, -0.2) is 54.5 Å². The molecule has 38 heavy (non-hydrogen) atoms. The molecule has 200 valence electrons. The van der Waals surface area contributed by atoms with E-state index in [2.05, 4.69) is 34.1 Å². The second-order valence-electron chi connectivity index (χ2n) is 11.1. The van der Waals surface area contributed by atoms with Crippen molar-refractivity contribution in [2.45, 2.75) is 67.2 Å². The number of Topliss-reactive ketones (excluding diaryl/α,β-unsaturated/α-hetero) is 1. The summed E-state index contributed by atoms with van der Waals surface area (Å²) in [6, 6.07) is 10.1. The fourth-order valence-corrected chi connectivity index (χ4v) is 8.67. The van der Waals surface area contributed by atoms with Crippen LogP contribution in [0.4, 0.5) is 4.79 Å². The van der Waals surface area contributed by atoms with Gasteiger partial charge in [0.2, 0.25) is 0 Å². The molecule has 3 heterocycles. The number of thioether (sulfide) groups is 1. The van der Waals surface area contributed by atoms with E-state index in [4.69, 9.17) is 18.9 Å². The lowest BCUT2D eigenvalue weighted by molar-refractivity contribution is -0.124. The van der Waals surface area contributed by atoms with Crippen LogP contribution < -0.4 is 14.2 Å². The minimum absolute atomic E-state index is 0.0108. The number of nitrogens with zero attached hydrogens (tertiary/aromatic N) is 1. The van der Waals surface area contributed by atoms with Gasteiger partial charge in [0.25, 0.3) is 0 Å². The molecule has 0 aromatic heterocycles. The summed E-state index contributed by atoms with van der Waals surface area (Å²) >= 11 is 5.63. The van der Waals surface area contributed by atoms with Crippen LogP contribution >= 0.6 is 27.7 Å². The number of hydrogen-bond donors (Lipinski definition) is 0. The van der Waals surface area contributed by atoms with Crippen molar-refractivity contribution >= 4 is 39.6 Å². The van der Waals surface area contributed by atoms with E-state index in [9.17, 15) is 9.59 Å². The molecule has 0 unspecified atom stereocenters. The number of cyclic esters (lactones) is 1. The average molecular weight is 601 g/mol. The van der Waals surface area contributed by atoms with E-state index in [0.29, 0.717) is 44.9 Å². The quantitative estimate of drug-likeness (QED) is 0.408. The number of benzene rings is 2. The number of rotatable bonds is 7. The Morgan fingerprint density at radius 2 is 2.00 bits per heavy atom. The van der Waals surface area contributed by atoms with Crippen molar-refractivity contribution in [3.63, 3.8) is 0 Å². The Balaban J connectivity index is 1.30. The summed E-state index contributed by atoms with van der Waals surface area (Å²) < 4.78 is 24.6. The molecule has 2 aliphatic carbocycles. The van der Waals surface area contributed by atoms with Gasteiger partial charge in [0, 0.05) is 29.4 Å². The molecule has 3 aliphatic heterocycles. The van der Waals surface area contributed by atoms with Crippen LogP contribution in [0.5, 0.6) is 17.2 Å². The van der Waals surface area contributed by atoms with Crippen molar-refractivity contribution in [1.29, 1.82) is 0 Å².